The molecule has 0 bridgehead atoms. The van der Waals surface area contributed by atoms with Gasteiger partial charge in [-0.2, -0.15) is 5.26 Å². The van der Waals surface area contributed by atoms with Crippen LogP contribution in [0.3, 0.4) is 0 Å². The topological polar surface area (TPSA) is 48.7 Å². The maximum atomic E-state index is 8.65. The molecule has 0 aliphatic heterocycles. The van der Waals surface area contributed by atoms with Crippen molar-refractivity contribution in [3.63, 3.8) is 0 Å². The maximum absolute atomic E-state index is 8.65. The largest absolute Gasteiger partial charge is 0.370 e. The van der Waals surface area contributed by atoms with E-state index >= 15 is 0 Å². The highest BCUT2D eigenvalue weighted by Crippen LogP contribution is 2.13. The summed E-state index contributed by atoms with van der Waals surface area (Å²) in [4.78, 5) is 4.02. The van der Waals surface area contributed by atoms with Crippen molar-refractivity contribution in [3.8, 4) is 6.07 Å². The summed E-state index contributed by atoms with van der Waals surface area (Å²) in [5, 5.41) is 12.1. The lowest BCUT2D eigenvalue weighted by Gasteiger charge is -2.03. The van der Waals surface area contributed by atoms with Crippen LogP contribution in [-0.2, 0) is 0 Å². The summed E-state index contributed by atoms with van der Waals surface area (Å²) >= 11 is 5.71. The molecule has 1 aromatic heterocycles. The Bertz CT molecular complexity index is 330. The molecular weight excluding hydrogens is 186 g/mol. The van der Waals surface area contributed by atoms with E-state index in [9.17, 15) is 0 Å². The zero-order valence-electron chi connectivity index (χ0n) is 7.34. The minimum absolute atomic E-state index is 0.345. The summed E-state index contributed by atoms with van der Waals surface area (Å²) in [7, 11) is 0. The Morgan fingerprint density at radius 2 is 2.38 bits per heavy atom. The summed E-state index contributed by atoms with van der Waals surface area (Å²) in [6.07, 6.45) is 1.01. The molecule has 1 N–H and O–H groups in total. The van der Waals surface area contributed by atoms with E-state index < -0.39 is 0 Å². The Hall–Kier alpha value is -1.27. The third kappa shape index (κ3) is 2.92. The van der Waals surface area contributed by atoms with Gasteiger partial charge in [0.1, 0.15) is 11.0 Å². The van der Waals surface area contributed by atoms with E-state index in [0.717, 1.165) is 13.0 Å². The normalized spacial score (nSPS) is 9.31. The number of nitrogens with zero attached hydrogens (tertiary/aromatic N) is 2. The molecule has 0 radical (unpaired) electrons. The van der Waals surface area contributed by atoms with Crippen molar-refractivity contribution in [1.82, 2.24) is 4.98 Å². The molecule has 13 heavy (non-hydrogen) atoms. The molecule has 0 fully saturated rings. The minimum atomic E-state index is 0.345. The molecule has 0 spiro atoms. The lowest BCUT2D eigenvalue weighted by Crippen LogP contribution is -2.02. The van der Waals surface area contributed by atoms with Gasteiger partial charge in [0.15, 0.2) is 0 Å². The molecule has 1 rings (SSSR count). The van der Waals surface area contributed by atoms with Crippen LogP contribution in [0.15, 0.2) is 12.1 Å². The first-order valence-electron chi connectivity index (χ1n) is 4.08. The van der Waals surface area contributed by atoms with Gasteiger partial charge in [-0.15, -0.1) is 0 Å². The molecule has 1 aromatic rings. The highest BCUT2D eigenvalue weighted by atomic mass is 35.5. The van der Waals surface area contributed by atoms with Crippen LogP contribution in [0, 0.1) is 11.3 Å². The van der Waals surface area contributed by atoms with E-state index in [0.29, 0.717) is 16.5 Å². The van der Waals surface area contributed by atoms with Gasteiger partial charge in [0, 0.05) is 6.54 Å². The van der Waals surface area contributed by atoms with Crippen molar-refractivity contribution in [2.75, 3.05) is 11.9 Å². The number of nitriles is 1. The lowest BCUT2D eigenvalue weighted by atomic mass is 10.3. The quantitative estimate of drug-likeness (QED) is 0.754. The van der Waals surface area contributed by atoms with Gasteiger partial charge in [0.25, 0.3) is 0 Å². The van der Waals surface area contributed by atoms with Gasteiger partial charge in [0.05, 0.1) is 11.6 Å². The van der Waals surface area contributed by atoms with Crippen LogP contribution in [0.2, 0.25) is 5.15 Å². The molecule has 0 unspecified atom stereocenters. The third-order valence-corrected chi connectivity index (χ3v) is 1.67. The first kappa shape index (κ1) is 9.82. The van der Waals surface area contributed by atoms with Gasteiger partial charge in [-0.05, 0) is 18.6 Å². The number of rotatable bonds is 3. The second kappa shape index (κ2) is 4.68. The minimum Gasteiger partial charge on any atom is -0.370 e. The Labute approximate surface area is 82.4 Å². The van der Waals surface area contributed by atoms with Crippen LogP contribution in [0.25, 0.3) is 0 Å². The highest BCUT2D eigenvalue weighted by Gasteiger charge is 1.99. The smallest absolute Gasteiger partial charge is 0.132 e. The fourth-order valence-corrected chi connectivity index (χ4v) is 1.11. The average molecular weight is 196 g/mol. The van der Waals surface area contributed by atoms with E-state index in [4.69, 9.17) is 16.9 Å². The standard InChI is InChI=1S/C9H10ClN3/c1-2-3-12-9-5-7(6-11)4-8(10)13-9/h4-5H,2-3H2,1H3,(H,12,13). The number of halogens is 1. The summed E-state index contributed by atoms with van der Waals surface area (Å²) < 4.78 is 0. The molecule has 0 aliphatic carbocycles. The molecular formula is C9H10ClN3. The molecule has 0 atom stereocenters. The summed E-state index contributed by atoms with van der Waals surface area (Å²) in [5.74, 6) is 0.658. The van der Waals surface area contributed by atoms with Crippen molar-refractivity contribution < 1.29 is 0 Å². The maximum Gasteiger partial charge on any atom is 0.132 e. The second-order valence-electron chi connectivity index (χ2n) is 2.60. The van der Waals surface area contributed by atoms with E-state index in [-0.39, 0.29) is 0 Å². The van der Waals surface area contributed by atoms with E-state index in [1.807, 2.05) is 6.07 Å². The zero-order valence-corrected chi connectivity index (χ0v) is 8.10. The van der Waals surface area contributed by atoms with Gasteiger partial charge in [-0.25, -0.2) is 4.98 Å². The van der Waals surface area contributed by atoms with Crippen LogP contribution in [0.5, 0.6) is 0 Å². The van der Waals surface area contributed by atoms with Crippen molar-refractivity contribution in [2.45, 2.75) is 13.3 Å². The summed E-state index contributed by atoms with van der Waals surface area (Å²) in [6.45, 7) is 2.89. The monoisotopic (exact) mass is 195 g/mol. The average Bonchev–Trinajstić information content (AvgIpc) is 2.14. The number of pyridine rings is 1. The molecule has 3 nitrogen and oxygen atoms in total. The van der Waals surface area contributed by atoms with Crippen LogP contribution < -0.4 is 5.32 Å². The number of aromatic nitrogens is 1. The molecule has 4 heteroatoms. The number of nitrogens with one attached hydrogen (secondary N) is 1. The van der Waals surface area contributed by atoms with Gasteiger partial charge in [-0.3, -0.25) is 0 Å². The van der Waals surface area contributed by atoms with Crippen LogP contribution in [0.1, 0.15) is 18.9 Å². The Morgan fingerprint density at radius 3 is 3.00 bits per heavy atom. The van der Waals surface area contributed by atoms with Crippen molar-refractivity contribution in [3.05, 3.63) is 22.8 Å². The Morgan fingerprint density at radius 1 is 1.62 bits per heavy atom. The van der Waals surface area contributed by atoms with E-state index in [1.165, 1.54) is 0 Å². The molecule has 0 amide bonds. The molecule has 0 saturated heterocycles. The zero-order chi connectivity index (χ0) is 9.68. The number of anilines is 1. The van der Waals surface area contributed by atoms with Crippen LogP contribution in [-0.4, -0.2) is 11.5 Å². The molecule has 0 saturated carbocycles. The number of hydrogen-bond acceptors (Lipinski definition) is 3. The fraction of sp³-hybridized carbons (Fsp3) is 0.333. The van der Waals surface area contributed by atoms with Crippen molar-refractivity contribution >= 4 is 17.4 Å². The van der Waals surface area contributed by atoms with Crippen molar-refractivity contribution in [2.24, 2.45) is 0 Å². The van der Waals surface area contributed by atoms with E-state index in [2.05, 4.69) is 17.2 Å². The SMILES string of the molecule is CCCNc1cc(C#N)cc(Cl)n1. The fourth-order valence-electron chi connectivity index (χ4n) is 0.905. The molecule has 0 aromatic carbocycles. The van der Waals surface area contributed by atoms with Gasteiger partial charge in [-0.1, -0.05) is 18.5 Å². The van der Waals surface area contributed by atoms with Gasteiger partial charge in [0.2, 0.25) is 0 Å². The summed E-state index contributed by atoms with van der Waals surface area (Å²) in [6, 6.07) is 5.24. The molecule has 1 heterocycles. The van der Waals surface area contributed by atoms with Crippen LogP contribution >= 0.6 is 11.6 Å². The molecule has 0 aliphatic rings. The Balaban J connectivity index is 2.83. The first-order valence-corrected chi connectivity index (χ1v) is 4.45. The summed E-state index contributed by atoms with van der Waals surface area (Å²) in [5.41, 5.74) is 0.526. The highest BCUT2D eigenvalue weighted by molar-refractivity contribution is 6.29. The first-order chi connectivity index (χ1) is 6.26. The number of hydrogen-bond donors (Lipinski definition) is 1. The predicted molar refractivity (Wildman–Crippen MR) is 52.7 cm³/mol. The van der Waals surface area contributed by atoms with Crippen molar-refractivity contribution in [1.29, 1.82) is 5.26 Å². The van der Waals surface area contributed by atoms with Gasteiger partial charge >= 0.3 is 0 Å². The predicted octanol–water partition coefficient (Wildman–Crippen LogP) is 2.43. The lowest BCUT2D eigenvalue weighted by molar-refractivity contribution is 0.969. The van der Waals surface area contributed by atoms with Gasteiger partial charge < -0.3 is 5.32 Å². The Kier molecular flexibility index (Phi) is 3.53. The molecule has 68 valence electrons. The third-order valence-electron chi connectivity index (χ3n) is 1.48. The second-order valence-corrected chi connectivity index (χ2v) is 2.99. The van der Waals surface area contributed by atoms with Crippen LogP contribution in [0.4, 0.5) is 5.82 Å². The van der Waals surface area contributed by atoms with E-state index in [1.54, 1.807) is 12.1 Å².